The summed E-state index contributed by atoms with van der Waals surface area (Å²) in [6, 6.07) is 0. The van der Waals surface area contributed by atoms with Gasteiger partial charge in [-0.3, -0.25) is 14.4 Å². The zero-order valence-electron chi connectivity index (χ0n) is 13.7. The average molecular weight is 297 g/mol. The molecule has 0 aromatic heterocycles. The summed E-state index contributed by atoms with van der Waals surface area (Å²) in [6.45, 7) is 4.38. The van der Waals surface area contributed by atoms with Crippen LogP contribution in [0, 0.1) is 0 Å². The lowest BCUT2D eigenvalue weighted by molar-refractivity contribution is -0.204. The lowest BCUT2D eigenvalue weighted by Crippen LogP contribution is -2.34. The Morgan fingerprint density at radius 2 is 1.33 bits per heavy atom. The molecule has 1 aliphatic rings. The molecule has 1 rings (SSSR count). The Morgan fingerprint density at radius 3 is 1.90 bits per heavy atom. The summed E-state index contributed by atoms with van der Waals surface area (Å²) in [4.78, 5) is 29.0. The SMILES string of the molecule is CCCCCCCC(CCCCC)ON1C(=O)CCC1=O. The Hall–Kier alpha value is -0.900. The summed E-state index contributed by atoms with van der Waals surface area (Å²) < 4.78 is 0. The summed E-state index contributed by atoms with van der Waals surface area (Å²) >= 11 is 0. The van der Waals surface area contributed by atoms with Gasteiger partial charge in [-0.1, -0.05) is 65.2 Å². The number of hydrogen-bond donors (Lipinski definition) is 0. The van der Waals surface area contributed by atoms with Crippen LogP contribution in [-0.4, -0.2) is 23.0 Å². The molecule has 4 nitrogen and oxygen atoms in total. The number of carbonyl (C=O) groups excluding carboxylic acids is 2. The van der Waals surface area contributed by atoms with Crippen molar-refractivity contribution in [3.63, 3.8) is 0 Å². The van der Waals surface area contributed by atoms with Gasteiger partial charge in [0.15, 0.2) is 0 Å². The highest BCUT2D eigenvalue weighted by molar-refractivity contribution is 6.00. The number of hydrogen-bond acceptors (Lipinski definition) is 3. The van der Waals surface area contributed by atoms with Gasteiger partial charge < -0.3 is 0 Å². The van der Waals surface area contributed by atoms with Crippen molar-refractivity contribution in [1.29, 1.82) is 0 Å². The molecule has 0 aromatic carbocycles. The fraction of sp³-hybridized carbons (Fsp3) is 0.882. The van der Waals surface area contributed by atoms with Gasteiger partial charge in [-0.25, -0.2) is 0 Å². The summed E-state index contributed by atoms with van der Waals surface area (Å²) in [5.41, 5.74) is 0. The van der Waals surface area contributed by atoms with Crippen LogP contribution < -0.4 is 0 Å². The molecule has 0 saturated carbocycles. The van der Waals surface area contributed by atoms with E-state index in [1.165, 1.54) is 38.5 Å². The molecule has 1 unspecified atom stereocenters. The van der Waals surface area contributed by atoms with Crippen LogP contribution in [0.3, 0.4) is 0 Å². The third kappa shape index (κ3) is 7.07. The van der Waals surface area contributed by atoms with E-state index in [4.69, 9.17) is 4.84 Å². The quantitative estimate of drug-likeness (QED) is 0.397. The standard InChI is InChI=1S/C17H31NO3/c1-3-5-7-8-10-12-15(11-9-6-4-2)21-18-16(19)13-14-17(18)20/h15H,3-14H2,1-2H3. The van der Waals surface area contributed by atoms with Crippen molar-refractivity contribution in [3.8, 4) is 0 Å². The number of nitrogens with zero attached hydrogens (tertiary/aromatic N) is 1. The Balaban J connectivity index is 2.36. The summed E-state index contributed by atoms with van der Waals surface area (Å²) in [5.74, 6) is -0.349. The fourth-order valence-electron chi connectivity index (χ4n) is 2.67. The zero-order chi connectivity index (χ0) is 15.5. The van der Waals surface area contributed by atoms with E-state index in [2.05, 4.69) is 13.8 Å². The molecule has 0 aliphatic carbocycles. The smallest absolute Gasteiger partial charge is 0.254 e. The van der Waals surface area contributed by atoms with E-state index in [0.29, 0.717) is 12.8 Å². The van der Waals surface area contributed by atoms with Crippen molar-refractivity contribution in [2.24, 2.45) is 0 Å². The van der Waals surface area contributed by atoms with Crippen LogP contribution >= 0.6 is 0 Å². The van der Waals surface area contributed by atoms with Crippen LogP contribution in [0.25, 0.3) is 0 Å². The van der Waals surface area contributed by atoms with Crippen LogP contribution in [0.4, 0.5) is 0 Å². The molecule has 2 amide bonds. The zero-order valence-corrected chi connectivity index (χ0v) is 13.7. The van der Waals surface area contributed by atoms with E-state index in [9.17, 15) is 9.59 Å². The molecule has 1 fully saturated rings. The maximum atomic E-state index is 11.6. The van der Waals surface area contributed by atoms with Crippen molar-refractivity contribution >= 4 is 11.8 Å². The Labute approximate surface area is 129 Å². The molecule has 1 aliphatic heterocycles. The predicted octanol–water partition coefficient (Wildman–Crippen LogP) is 4.38. The van der Waals surface area contributed by atoms with E-state index in [0.717, 1.165) is 30.7 Å². The first-order valence-corrected chi connectivity index (χ1v) is 8.71. The largest absolute Gasteiger partial charge is 0.272 e. The van der Waals surface area contributed by atoms with Crippen molar-refractivity contribution in [1.82, 2.24) is 5.06 Å². The van der Waals surface area contributed by atoms with E-state index < -0.39 is 0 Å². The van der Waals surface area contributed by atoms with Gasteiger partial charge in [-0.2, -0.15) is 5.06 Å². The first kappa shape index (κ1) is 18.1. The second-order valence-electron chi connectivity index (χ2n) is 6.01. The first-order valence-electron chi connectivity index (χ1n) is 8.71. The lowest BCUT2D eigenvalue weighted by Gasteiger charge is -2.22. The van der Waals surface area contributed by atoms with Gasteiger partial charge in [0.25, 0.3) is 11.8 Å². The van der Waals surface area contributed by atoms with Gasteiger partial charge in [0.1, 0.15) is 0 Å². The lowest BCUT2D eigenvalue weighted by atomic mass is 10.0. The van der Waals surface area contributed by atoms with Gasteiger partial charge in [0, 0.05) is 12.8 Å². The van der Waals surface area contributed by atoms with Gasteiger partial charge in [-0.05, 0) is 12.8 Å². The highest BCUT2D eigenvalue weighted by atomic mass is 16.7. The molecule has 0 N–H and O–H groups in total. The molecule has 1 saturated heterocycles. The minimum absolute atomic E-state index is 0.0178. The first-order chi connectivity index (χ1) is 10.2. The van der Waals surface area contributed by atoms with Crippen molar-refractivity contribution in [3.05, 3.63) is 0 Å². The van der Waals surface area contributed by atoms with Gasteiger partial charge in [0.2, 0.25) is 0 Å². The predicted molar refractivity (Wildman–Crippen MR) is 83.5 cm³/mol. The average Bonchev–Trinajstić information content (AvgIpc) is 2.78. The van der Waals surface area contributed by atoms with Gasteiger partial charge in [-0.15, -0.1) is 0 Å². The molecule has 1 atom stereocenters. The normalized spacial score (nSPS) is 16.8. The van der Waals surface area contributed by atoms with Gasteiger partial charge in [0.05, 0.1) is 6.10 Å². The Bertz CT molecular complexity index is 301. The van der Waals surface area contributed by atoms with Crippen LogP contribution in [-0.2, 0) is 14.4 Å². The highest BCUT2D eigenvalue weighted by Crippen LogP contribution is 2.20. The Morgan fingerprint density at radius 1 is 0.857 bits per heavy atom. The summed E-state index contributed by atoms with van der Waals surface area (Å²) in [7, 11) is 0. The molecule has 1 heterocycles. The summed E-state index contributed by atoms with van der Waals surface area (Å²) in [6.07, 6.45) is 12.1. The van der Waals surface area contributed by atoms with Crippen LogP contribution in [0.1, 0.15) is 90.9 Å². The van der Waals surface area contributed by atoms with E-state index in [1.807, 2.05) is 0 Å². The van der Waals surface area contributed by atoms with E-state index >= 15 is 0 Å². The molecule has 0 aromatic rings. The fourth-order valence-corrected chi connectivity index (χ4v) is 2.67. The second-order valence-corrected chi connectivity index (χ2v) is 6.01. The third-order valence-corrected chi connectivity index (χ3v) is 4.02. The molecule has 122 valence electrons. The number of carbonyl (C=O) groups is 2. The van der Waals surface area contributed by atoms with Crippen LogP contribution in [0.15, 0.2) is 0 Å². The molecule has 4 heteroatoms. The third-order valence-electron chi connectivity index (χ3n) is 4.02. The van der Waals surface area contributed by atoms with Crippen LogP contribution in [0.5, 0.6) is 0 Å². The molecular formula is C17H31NO3. The van der Waals surface area contributed by atoms with E-state index in [1.54, 1.807) is 0 Å². The summed E-state index contributed by atoms with van der Waals surface area (Å²) in [5, 5.41) is 1.03. The molecule has 0 radical (unpaired) electrons. The number of imide groups is 1. The number of hydroxylamine groups is 2. The highest BCUT2D eigenvalue weighted by Gasteiger charge is 2.32. The molecular weight excluding hydrogens is 266 g/mol. The minimum Gasteiger partial charge on any atom is -0.272 e. The molecule has 21 heavy (non-hydrogen) atoms. The maximum Gasteiger partial charge on any atom is 0.254 e. The second kappa shape index (κ2) is 10.8. The minimum atomic E-state index is -0.175. The topological polar surface area (TPSA) is 46.6 Å². The van der Waals surface area contributed by atoms with Gasteiger partial charge >= 0.3 is 0 Å². The maximum absolute atomic E-state index is 11.6. The van der Waals surface area contributed by atoms with Crippen molar-refractivity contribution in [2.75, 3.05) is 0 Å². The number of amides is 2. The van der Waals surface area contributed by atoms with Crippen molar-refractivity contribution < 1.29 is 14.4 Å². The molecule has 0 spiro atoms. The van der Waals surface area contributed by atoms with E-state index in [-0.39, 0.29) is 17.9 Å². The molecule has 0 bridgehead atoms. The number of rotatable bonds is 12. The monoisotopic (exact) mass is 297 g/mol. The Kier molecular flexibility index (Phi) is 9.31. The van der Waals surface area contributed by atoms with Crippen molar-refractivity contribution in [2.45, 2.75) is 97.0 Å². The number of unbranched alkanes of at least 4 members (excludes halogenated alkanes) is 6. The van der Waals surface area contributed by atoms with Crippen LogP contribution in [0.2, 0.25) is 0 Å².